The summed E-state index contributed by atoms with van der Waals surface area (Å²) < 4.78 is 33.6. The number of rotatable bonds is 6. The van der Waals surface area contributed by atoms with Gasteiger partial charge in [0.15, 0.2) is 0 Å². The number of halogens is 1. The molecule has 0 bridgehead atoms. The van der Waals surface area contributed by atoms with Gasteiger partial charge in [0.05, 0.1) is 16.5 Å². The molecule has 0 radical (unpaired) electrons. The average Bonchev–Trinajstić information content (AvgIpc) is 2.53. The molecule has 0 fully saturated rings. The maximum absolute atomic E-state index is 12.6. The molecule has 2 aromatic carbocycles. The number of ether oxygens (including phenoxy) is 1. The van der Waals surface area contributed by atoms with E-state index in [-0.39, 0.29) is 10.9 Å². The number of benzene rings is 2. The van der Waals surface area contributed by atoms with Crippen LogP contribution >= 0.6 is 15.9 Å². The van der Waals surface area contributed by atoms with Crippen molar-refractivity contribution in [2.24, 2.45) is 0 Å². The molecule has 0 heterocycles. The molecule has 0 aliphatic carbocycles. The van der Waals surface area contributed by atoms with Crippen LogP contribution in [0.25, 0.3) is 0 Å². The number of sulfonamides is 1. The van der Waals surface area contributed by atoms with E-state index in [0.717, 1.165) is 5.56 Å². The third-order valence-electron chi connectivity index (χ3n) is 3.34. The zero-order chi connectivity index (χ0) is 16.2. The first-order valence-corrected chi connectivity index (χ1v) is 9.16. The highest BCUT2D eigenvalue weighted by atomic mass is 79.9. The predicted octanol–water partition coefficient (Wildman–Crippen LogP) is 3.89. The molecule has 0 aliphatic rings. The molecule has 4 nitrogen and oxygen atoms in total. The lowest BCUT2D eigenvalue weighted by atomic mass is 10.1. The molecular formula is C16H18BrNO3S. The molecule has 2 rings (SSSR count). The Bertz CT molecular complexity index is 732. The van der Waals surface area contributed by atoms with Crippen molar-refractivity contribution in [3.8, 4) is 5.75 Å². The van der Waals surface area contributed by atoms with Gasteiger partial charge >= 0.3 is 0 Å². The number of methoxy groups -OCH3 is 1. The summed E-state index contributed by atoms with van der Waals surface area (Å²) in [6.07, 6.45) is 0.667. The van der Waals surface area contributed by atoms with Crippen LogP contribution in [0.4, 0.5) is 0 Å². The van der Waals surface area contributed by atoms with Crippen molar-refractivity contribution < 1.29 is 13.2 Å². The van der Waals surface area contributed by atoms with Crippen molar-refractivity contribution in [3.05, 3.63) is 58.6 Å². The van der Waals surface area contributed by atoms with Crippen LogP contribution in [0, 0.1) is 0 Å². The Labute approximate surface area is 139 Å². The Morgan fingerprint density at radius 1 is 1.18 bits per heavy atom. The summed E-state index contributed by atoms with van der Waals surface area (Å²) in [7, 11) is -2.07. The van der Waals surface area contributed by atoms with Crippen molar-refractivity contribution in [2.75, 3.05) is 7.11 Å². The Kier molecular flexibility index (Phi) is 5.61. The maximum atomic E-state index is 12.6. The molecule has 0 aromatic heterocycles. The molecule has 6 heteroatoms. The Balaban J connectivity index is 2.28. The molecule has 0 amide bonds. The van der Waals surface area contributed by atoms with Crippen LogP contribution in [0.1, 0.15) is 24.9 Å². The lowest BCUT2D eigenvalue weighted by Gasteiger charge is -2.18. The van der Waals surface area contributed by atoms with Crippen LogP contribution in [-0.4, -0.2) is 15.5 Å². The predicted molar refractivity (Wildman–Crippen MR) is 90.5 cm³/mol. The van der Waals surface area contributed by atoms with Gasteiger partial charge in [0.2, 0.25) is 10.0 Å². The molecule has 1 atom stereocenters. The first kappa shape index (κ1) is 17.0. The molecule has 0 saturated carbocycles. The molecule has 2 aromatic rings. The van der Waals surface area contributed by atoms with Crippen LogP contribution in [0.3, 0.4) is 0 Å². The van der Waals surface area contributed by atoms with E-state index < -0.39 is 10.0 Å². The minimum absolute atomic E-state index is 0.203. The van der Waals surface area contributed by atoms with Crippen LogP contribution in [0.5, 0.6) is 5.75 Å². The number of hydrogen-bond donors (Lipinski definition) is 1. The zero-order valence-corrected chi connectivity index (χ0v) is 14.8. The largest absolute Gasteiger partial charge is 0.496 e. The van der Waals surface area contributed by atoms with E-state index in [1.807, 2.05) is 37.3 Å². The summed E-state index contributed by atoms with van der Waals surface area (Å²) in [5, 5.41) is 0. The van der Waals surface area contributed by atoms with Crippen LogP contribution in [0.2, 0.25) is 0 Å². The second kappa shape index (κ2) is 7.26. The number of nitrogens with one attached hydrogen (secondary N) is 1. The van der Waals surface area contributed by atoms with E-state index >= 15 is 0 Å². The average molecular weight is 384 g/mol. The van der Waals surface area contributed by atoms with Crippen molar-refractivity contribution in [2.45, 2.75) is 24.3 Å². The molecule has 0 spiro atoms. The van der Waals surface area contributed by atoms with E-state index in [4.69, 9.17) is 4.74 Å². The zero-order valence-electron chi connectivity index (χ0n) is 12.4. The molecule has 0 unspecified atom stereocenters. The number of hydrogen-bond acceptors (Lipinski definition) is 3. The SMILES string of the molecule is CC[C@@H](NS(=O)(=O)c1ccc(OC)c(Br)c1)c1ccccc1. The van der Waals surface area contributed by atoms with Crippen molar-refractivity contribution in [1.82, 2.24) is 4.72 Å². The van der Waals surface area contributed by atoms with Gasteiger partial charge in [-0.1, -0.05) is 37.3 Å². The van der Waals surface area contributed by atoms with Crippen LogP contribution in [0.15, 0.2) is 57.9 Å². The Morgan fingerprint density at radius 2 is 1.86 bits per heavy atom. The smallest absolute Gasteiger partial charge is 0.241 e. The highest BCUT2D eigenvalue weighted by molar-refractivity contribution is 9.10. The normalized spacial score (nSPS) is 12.9. The van der Waals surface area contributed by atoms with Gasteiger partial charge in [-0.25, -0.2) is 13.1 Å². The standard InChI is InChI=1S/C16H18BrNO3S/c1-3-15(12-7-5-4-6-8-12)18-22(19,20)13-9-10-16(21-2)14(17)11-13/h4-11,15,18H,3H2,1-2H3/t15-/m1/s1. The lowest BCUT2D eigenvalue weighted by molar-refractivity contribution is 0.411. The summed E-state index contributed by atoms with van der Waals surface area (Å²) in [5.74, 6) is 0.592. The first-order valence-electron chi connectivity index (χ1n) is 6.88. The second-order valence-electron chi connectivity index (χ2n) is 4.79. The maximum Gasteiger partial charge on any atom is 0.241 e. The van der Waals surface area contributed by atoms with Gasteiger partial charge in [-0.3, -0.25) is 0 Å². The molecule has 0 saturated heterocycles. The quantitative estimate of drug-likeness (QED) is 0.822. The Hall–Kier alpha value is -1.37. The summed E-state index contributed by atoms with van der Waals surface area (Å²) in [6.45, 7) is 1.95. The third kappa shape index (κ3) is 3.88. The molecular weight excluding hydrogens is 366 g/mol. The summed E-state index contributed by atoms with van der Waals surface area (Å²) in [6, 6.07) is 14.0. The third-order valence-corrected chi connectivity index (χ3v) is 5.43. The van der Waals surface area contributed by atoms with Gasteiger partial charge in [-0.15, -0.1) is 0 Å². The van der Waals surface area contributed by atoms with E-state index in [2.05, 4.69) is 20.7 Å². The summed E-state index contributed by atoms with van der Waals surface area (Å²) >= 11 is 3.31. The fraction of sp³-hybridized carbons (Fsp3) is 0.250. The Morgan fingerprint density at radius 3 is 2.41 bits per heavy atom. The van der Waals surface area contributed by atoms with Crippen molar-refractivity contribution in [1.29, 1.82) is 0 Å². The molecule has 0 aliphatic heterocycles. The van der Waals surface area contributed by atoms with Gasteiger partial charge in [0.25, 0.3) is 0 Å². The molecule has 22 heavy (non-hydrogen) atoms. The van der Waals surface area contributed by atoms with Gasteiger partial charge in [0.1, 0.15) is 5.75 Å². The fourth-order valence-electron chi connectivity index (χ4n) is 2.14. The van der Waals surface area contributed by atoms with Gasteiger partial charge in [0, 0.05) is 6.04 Å². The van der Waals surface area contributed by atoms with Crippen LogP contribution in [-0.2, 0) is 10.0 Å². The fourth-order valence-corrected chi connectivity index (χ4v) is 4.17. The van der Waals surface area contributed by atoms with E-state index in [1.54, 1.807) is 12.1 Å². The summed E-state index contributed by atoms with van der Waals surface area (Å²) in [4.78, 5) is 0.203. The minimum atomic E-state index is -3.60. The van der Waals surface area contributed by atoms with Gasteiger partial charge in [-0.2, -0.15) is 0 Å². The van der Waals surface area contributed by atoms with Gasteiger partial charge in [-0.05, 0) is 46.1 Å². The highest BCUT2D eigenvalue weighted by Crippen LogP contribution is 2.28. The van der Waals surface area contributed by atoms with E-state index in [9.17, 15) is 8.42 Å². The van der Waals surface area contributed by atoms with E-state index in [1.165, 1.54) is 13.2 Å². The first-order chi connectivity index (χ1) is 10.5. The topological polar surface area (TPSA) is 55.4 Å². The second-order valence-corrected chi connectivity index (χ2v) is 7.36. The van der Waals surface area contributed by atoms with Crippen LogP contribution < -0.4 is 9.46 Å². The lowest BCUT2D eigenvalue weighted by Crippen LogP contribution is -2.28. The molecule has 118 valence electrons. The summed E-state index contributed by atoms with van der Waals surface area (Å²) in [5.41, 5.74) is 0.946. The van der Waals surface area contributed by atoms with Crippen molar-refractivity contribution >= 4 is 26.0 Å². The highest BCUT2D eigenvalue weighted by Gasteiger charge is 2.21. The minimum Gasteiger partial charge on any atom is -0.496 e. The molecule has 1 N–H and O–H groups in total. The van der Waals surface area contributed by atoms with E-state index in [0.29, 0.717) is 16.6 Å². The van der Waals surface area contributed by atoms with Crippen molar-refractivity contribution in [3.63, 3.8) is 0 Å². The monoisotopic (exact) mass is 383 g/mol. The van der Waals surface area contributed by atoms with Gasteiger partial charge < -0.3 is 4.74 Å².